The molecule has 1 fully saturated rings. The first-order valence-electron chi connectivity index (χ1n) is 7.18. The highest BCUT2D eigenvalue weighted by molar-refractivity contribution is 5.56. The van der Waals surface area contributed by atoms with Crippen LogP contribution in [0.25, 0.3) is 0 Å². The molecule has 1 saturated carbocycles. The summed E-state index contributed by atoms with van der Waals surface area (Å²) < 4.78 is 0. The van der Waals surface area contributed by atoms with Crippen LogP contribution >= 0.6 is 0 Å². The van der Waals surface area contributed by atoms with Crippen molar-refractivity contribution in [3.8, 4) is 0 Å². The van der Waals surface area contributed by atoms with Crippen LogP contribution in [0.1, 0.15) is 37.8 Å². The smallest absolute Gasteiger partial charge is 0.0398 e. The molecule has 0 heterocycles. The molecule has 0 atom stereocenters. The third-order valence-corrected chi connectivity index (χ3v) is 3.55. The van der Waals surface area contributed by atoms with Gasteiger partial charge in [0, 0.05) is 18.3 Å². The number of benzene rings is 1. The fraction of sp³-hybridized carbons (Fsp3) is 0.625. The van der Waals surface area contributed by atoms with Crippen LogP contribution in [0, 0.1) is 12.8 Å². The average molecular weight is 246 g/mol. The number of anilines is 1. The SMILES string of the molecule is Cc1cc(CCN)ccc1N(CC(C)C)C1CC1. The lowest BCUT2D eigenvalue weighted by Crippen LogP contribution is -2.30. The quantitative estimate of drug-likeness (QED) is 0.835. The van der Waals surface area contributed by atoms with Crippen LogP contribution in [0.5, 0.6) is 0 Å². The fourth-order valence-electron chi connectivity index (χ4n) is 2.59. The number of nitrogens with zero attached hydrogens (tertiary/aromatic N) is 1. The van der Waals surface area contributed by atoms with Crippen molar-refractivity contribution in [2.24, 2.45) is 11.7 Å². The van der Waals surface area contributed by atoms with E-state index in [1.54, 1.807) is 0 Å². The van der Waals surface area contributed by atoms with Gasteiger partial charge in [0.15, 0.2) is 0 Å². The zero-order valence-electron chi connectivity index (χ0n) is 11.9. The van der Waals surface area contributed by atoms with E-state index in [2.05, 4.69) is 43.9 Å². The van der Waals surface area contributed by atoms with Gasteiger partial charge in [-0.05, 0) is 55.8 Å². The molecule has 0 radical (unpaired) electrons. The molecule has 0 aliphatic heterocycles. The Balaban J connectivity index is 2.19. The van der Waals surface area contributed by atoms with Crippen molar-refractivity contribution in [1.82, 2.24) is 0 Å². The molecule has 1 aromatic rings. The lowest BCUT2D eigenvalue weighted by molar-refractivity contribution is 0.606. The van der Waals surface area contributed by atoms with Gasteiger partial charge in [-0.1, -0.05) is 26.0 Å². The molecule has 0 amide bonds. The Morgan fingerprint density at radius 2 is 2.06 bits per heavy atom. The van der Waals surface area contributed by atoms with Crippen molar-refractivity contribution < 1.29 is 0 Å². The third-order valence-electron chi connectivity index (χ3n) is 3.55. The number of rotatable bonds is 6. The first kappa shape index (κ1) is 13.4. The Hall–Kier alpha value is -1.02. The second kappa shape index (κ2) is 5.75. The normalized spacial score (nSPS) is 15.2. The Morgan fingerprint density at radius 3 is 2.56 bits per heavy atom. The van der Waals surface area contributed by atoms with Gasteiger partial charge in [0.05, 0.1) is 0 Å². The Morgan fingerprint density at radius 1 is 1.33 bits per heavy atom. The number of hydrogen-bond donors (Lipinski definition) is 1. The minimum Gasteiger partial charge on any atom is -0.368 e. The predicted molar refractivity (Wildman–Crippen MR) is 79.1 cm³/mol. The molecule has 2 N–H and O–H groups in total. The maximum Gasteiger partial charge on any atom is 0.0398 e. The van der Waals surface area contributed by atoms with E-state index in [-0.39, 0.29) is 0 Å². The molecule has 1 aliphatic carbocycles. The molecular formula is C16H26N2. The predicted octanol–water partition coefficient (Wildman–Crippen LogP) is 3.12. The summed E-state index contributed by atoms with van der Waals surface area (Å²) in [6, 6.07) is 7.62. The molecular weight excluding hydrogens is 220 g/mol. The second-order valence-electron chi connectivity index (χ2n) is 5.94. The van der Waals surface area contributed by atoms with E-state index in [4.69, 9.17) is 5.73 Å². The largest absolute Gasteiger partial charge is 0.368 e. The van der Waals surface area contributed by atoms with Gasteiger partial charge in [0.25, 0.3) is 0 Å². The van der Waals surface area contributed by atoms with Crippen molar-refractivity contribution in [3.05, 3.63) is 29.3 Å². The minimum atomic E-state index is 0.716. The molecule has 2 heteroatoms. The van der Waals surface area contributed by atoms with Gasteiger partial charge in [-0.15, -0.1) is 0 Å². The molecule has 1 aromatic carbocycles. The Kier molecular flexibility index (Phi) is 4.28. The molecule has 0 unspecified atom stereocenters. The van der Waals surface area contributed by atoms with Gasteiger partial charge < -0.3 is 10.6 Å². The zero-order valence-corrected chi connectivity index (χ0v) is 11.9. The molecule has 0 bridgehead atoms. The molecule has 0 saturated heterocycles. The van der Waals surface area contributed by atoms with Crippen LogP contribution in [-0.2, 0) is 6.42 Å². The summed E-state index contributed by atoms with van der Waals surface area (Å²) in [6.45, 7) is 8.73. The van der Waals surface area contributed by atoms with Crippen molar-refractivity contribution >= 4 is 5.69 Å². The summed E-state index contributed by atoms with van der Waals surface area (Å²) >= 11 is 0. The molecule has 0 aromatic heterocycles. The highest BCUT2D eigenvalue weighted by Crippen LogP contribution is 2.34. The van der Waals surface area contributed by atoms with Gasteiger partial charge in [0.2, 0.25) is 0 Å². The number of hydrogen-bond acceptors (Lipinski definition) is 2. The lowest BCUT2D eigenvalue weighted by Gasteiger charge is -2.28. The van der Waals surface area contributed by atoms with Crippen LogP contribution < -0.4 is 10.6 Å². The van der Waals surface area contributed by atoms with E-state index < -0.39 is 0 Å². The van der Waals surface area contributed by atoms with Crippen LogP contribution in [0.2, 0.25) is 0 Å². The monoisotopic (exact) mass is 246 g/mol. The summed E-state index contributed by atoms with van der Waals surface area (Å²) in [6.07, 6.45) is 3.70. The van der Waals surface area contributed by atoms with Crippen molar-refractivity contribution in [1.29, 1.82) is 0 Å². The van der Waals surface area contributed by atoms with Crippen molar-refractivity contribution in [2.45, 2.75) is 46.1 Å². The van der Waals surface area contributed by atoms with Crippen LogP contribution in [0.15, 0.2) is 18.2 Å². The molecule has 0 spiro atoms. The molecule has 18 heavy (non-hydrogen) atoms. The summed E-state index contributed by atoms with van der Waals surface area (Å²) in [4.78, 5) is 2.60. The highest BCUT2D eigenvalue weighted by atomic mass is 15.2. The van der Waals surface area contributed by atoms with Gasteiger partial charge in [-0.3, -0.25) is 0 Å². The standard InChI is InChI=1S/C16H26N2/c1-12(2)11-18(15-5-6-15)16-7-4-14(8-9-17)10-13(16)3/h4,7,10,12,15H,5-6,8-9,11,17H2,1-3H3. The zero-order chi connectivity index (χ0) is 13.1. The number of aryl methyl sites for hydroxylation is 1. The van der Waals surface area contributed by atoms with Crippen LogP contribution in [0.4, 0.5) is 5.69 Å². The summed E-state index contributed by atoms with van der Waals surface area (Å²) in [5, 5.41) is 0. The second-order valence-corrected chi connectivity index (χ2v) is 5.94. The van der Waals surface area contributed by atoms with E-state index in [9.17, 15) is 0 Å². The Bertz CT molecular complexity index is 394. The molecule has 1 aliphatic rings. The summed E-state index contributed by atoms with van der Waals surface area (Å²) in [5.74, 6) is 0.716. The fourth-order valence-corrected chi connectivity index (χ4v) is 2.59. The van der Waals surface area contributed by atoms with E-state index in [1.165, 1.54) is 36.2 Å². The van der Waals surface area contributed by atoms with E-state index in [0.717, 1.165) is 19.0 Å². The molecule has 2 rings (SSSR count). The van der Waals surface area contributed by atoms with Crippen molar-refractivity contribution in [2.75, 3.05) is 18.0 Å². The maximum absolute atomic E-state index is 5.62. The first-order valence-corrected chi connectivity index (χ1v) is 7.18. The molecule has 100 valence electrons. The lowest BCUT2D eigenvalue weighted by atomic mass is 10.1. The third kappa shape index (κ3) is 3.26. The maximum atomic E-state index is 5.62. The van der Waals surface area contributed by atoms with Gasteiger partial charge in [-0.2, -0.15) is 0 Å². The van der Waals surface area contributed by atoms with Crippen LogP contribution in [0.3, 0.4) is 0 Å². The van der Waals surface area contributed by atoms with E-state index in [1.807, 2.05) is 0 Å². The van der Waals surface area contributed by atoms with E-state index in [0.29, 0.717) is 5.92 Å². The van der Waals surface area contributed by atoms with Gasteiger partial charge in [0.1, 0.15) is 0 Å². The summed E-state index contributed by atoms with van der Waals surface area (Å²) in [7, 11) is 0. The average Bonchev–Trinajstić information content (AvgIpc) is 3.10. The van der Waals surface area contributed by atoms with Crippen LogP contribution in [-0.4, -0.2) is 19.1 Å². The van der Waals surface area contributed by atoms with Gasteiger partial charge >= 0.3 is 0 Å². The minimum absolute atomic E-state index is 0.716. The highest BCUT2D eigenvalue weighted by Gasteiger charge is 2.30. The van der Waals surface area contributed by atoms with Crippen molar-refractivity contribution in [3.63, 3.8) is 0 Å². The first-order chi connectivity index (χ1) is 8.61. The Labute approximate surface area is 111 Å². The topological polar surface area (TPSA) is 29.3 Å². The molecule has 2 nitrogen and oxygen atoms in total. The number of nitrogens with two attached hydrogens (primary N) is 1. The van der Waals surface area contributed by atoms with Gasteiger partial charge in [-0.25, -0.2) is 0 Å². The van der Waals surface area contributed by atoms with E-state index >= 15 is 0 Å². The summed E-state index contributed by atoms with van der Waals surface area (Å²) in [5.41, 5.74) is 9.80.